The predicted octanol–water partition coefficient (Wildman–Crippen LogP) is 2.10. The average molecular weight is 256 g/mol. The van der Waals surface area contributed by atoms with Crippen molar-refractivity contribution >= 4 is 11.4 Å². The molecule has 0 unspecified atom stereocenters. The third-order valence-corrected chi connectivity index (χ3v) is 3.28. The summed E-state index contributed by atoms with van der Waals surface area (Å²) in [7, 11) is 0. The van der Waals surface area contributed by atoms with Crippen LogP contribution >= 0.6 is 0 Å². The van der Waals surface area contributed by atoms with E-state index in [-0.39, 0.29) is 0 Å². The summed E-state index contributed by atoms with van der Waals surface area (Å²) in [4.78, 5) is 0. The van der Waals surface area contributed by atoms with Crippen LogP contribution in [0.25, 0.3) is 0 Å². The Morgan fingerprint density at radius 2 is 1.05 bits per heavy atom. The number of nitrogens with two attached hydrogens (primary N) is 2. The number of rotatable bonds is 2. The second-order valence-electron chi connectivity index (χ2n) is 4.56. The quantitative estimate of drug-likeness (QED) is 0.807. The molecule has 0 atom stereocenters. The molecule has 4 heteroatoms. The van der Waals surface area contributed by atoms with E-state index in [1.165, 1.54) is 0 Å². The lowest BCUT2D eigenvalue weighted by molar-refractivity contribution is -0.129. The largest absolute Gasteiger partial charge is 0.399 e. The Morgan fingerprint density at radius 3 is 1.42 bits per heavy atom. The van der Waals surface area contributed by atoms with Crippen LogP contribution in [0.1, 0.15) is 11.1 Å². The average Bonchev–Trinajstić information content (AvgIpc) is 2.91. The van der Waals surface area contributed by atoms with Gasteiger partial charge in [0.2, 0.25) is 5.79 Å². The van der Waals surface area contributed by atoms with Gasteiger partial charge in [-0.25, -0.2) is 0 Å². The molecule has 1 saturated heterocycles. The van der Waals surface area contributed by atoms with Crippen molar-refractivity contribution in [2.75, 3.05) is 24.7 Å². The van der Waals surface area contributed by atoms with E-state index < -0.39 is 5.79 Å². The van der Waals surface area contributed by atoms with Crippen LogP contribution in [-0.2, 0) is 15.3 Å². The highest BCUT2D eigenvalue weighted by molar-refractivity contribution is 5.46. The van der Waals surface area contributed by atoms with Gasteiger partial charge < -0.3 is 20.9 Å². The zero-order chi connectivity index (χ0) is 13.3. The first-order chi connectivity index (χ1) is 9.21. The Bertz CT molecular complexity index is 510. The molecule has 0 radical (unpaired) electrons. The highest BCUT2D eigenvalue weighted by atomic mass is 16.7. The molecule has 98 valence electrons. The number of anilines is 2. The number of ether oxygens (including phenoxy) is 2. The van der Waals surface area contributed by atoms with Gasteiger partial charge in [0.25, 0.3) is 0 Å². The van der Waals surface area contributed by atoms with Gasteiger partial charge in [-0.3, -0.25) is 0 Å². The molecule has 0 saturated carbocycles. The summed E-state index contributed by atoms with van der Waals surface area (Å²) in [6.07, 6.45) is 0. The molecule has 1 fully saturated rings. The van der Waals surface area contributed by atoms with Gasteiger partial charge in [0, 0.05) is 22.5 Å². The summed E-state index contributed by atoms with van der Waals surface area (Å²) in [5.74, 6) is -0.846. The Balaban J connectivity index is 2.08. The van der Waals surface area contributed by atoms with Crippen molar-refractivity contribution in [1.29, 1.82) is 0 Å². The van der Waals surface area contributed by atoms with E-state index in [4.69, 9.17) is 20.9 Å². The summed E-state index contributed by atoms with van der Waals surface area (Å²) in [6.45, 7) is 1.13. The molecule has 1 heterocycles. The van der Waals surface area contributed by atoms with Gasteiger partial charge in [0.1, 0.15) is 0 Å². The molecule has 0 amide bonds. The zero-order valence-corrected chi connectivity index (χ0v) is 10.5. The van der Waals surface area contributed by atoms with E-state index in [9.17, 15) is 0 Å². The molecule has 2 aromatic rings. The van der Waals surface area contributed by atoms with E-state index >= 15 is 0 Å². The summed E-state index contributed by atoms with van der Waals surface area (Å²) in [6, 6.07) is 15.1. The molecule has 0 aliphatic carbocycles. The molecular weight excluding hydrogens is 240 g/mol. The zero-order valence-electron chi connectivity index (χ0n) is 10.5. The molecule has 1 aliphatic rings. The van der Waals surface area contributed by atoms with Gasteiger partial charge >= 0.3 is 0 Å². The summed E-state index contributed by atoms with van der Waals surface area (Å²) in [5.41, 5.74) is 14.8. The van der Waals surface area contributed by atoms with Crippen molar-refractivity contribution < 1.29 is 9.47 Å². The van der Waals surface area contributed by atoms with E-state index in [1.54, 1.807) is 0 Å². The van der Waals surface area contributed by atoms with E-state index in [0.717, 1.165) is 11.1 Å². The van der Waals surface area contributed by atoms with E-state index in [2.05, 4.69) is 0 Å². The highest BCUT2D eigenvalue weighted by Crippen LogP contribution is 2.38. The molecular formula is C15H16N2O2. The van der Waals surface area contributed by atoms with Crippen LogP contribution in [0.3, 0.4) is 0 Å². The third kappa shape index (κ3) is 2.05. The van der Waals surface area contributed by atoms with Crippen molar-refractivity contribution in [3.05, 3.63) is 59.7 Å². The Morgan fingerprint density at radius 1 is 0.684 bits per heavy atom. The SMILES string of the molecule is Nc1ccc(C2(c3ccc(N)cc3)OCCO2)cc1. The third-order valence-electron chi connectivity index (χ3n) is 3.28. The fourth-order valence-corrected chi connectivity index (χ4v) is 2.32. The molecule has 4 nitrogen and oxygen atoms in total. The highest BCUT2D eigenvalue weighted by Gasteiger charge is 2.40. The second kappa shape index (κ2) is 4.57. The van der Waals surface area contributed by atoms with Crippen LogP contribution in [-0.4, -0.2) is 13.2 Å². The van der Waals surface area contributed by atoms with E-state index in [1.807, 2.05) is 48.5 Å². The van der Waals surface area contributed by atoms with Crippen LogP contribution in [0.4, 0.5) is 11.4 Å². The van der Waals surface area contributed by atoms with Gasteiger partial charge in [-0.2, -0.15) is 0 Å². The standard InChI is InChI=1S/C15H16N2O2/c16-13-5-1-11(2-6-13)15(18-9-10-19-15)12-3-7-14(17)8-4-12/h1-8H,9-10,16-17H2. The Labute approximate surface area is 111 Å². The topological polar surface area (TPSA) is 70.5 Å². The second-order valence-corrected chi connectivity index (χ2v) is 4.56. The number of hydrogen-bond acceptors (Lipinski definition) is 4. The molecule has 19 heavy (non-hydrogen) atoms. The fourth-order valence-electron chi connectivity index (χ4n) is 2.32. The lowest BCUT2D eigenvalue weighted by Crippen LogP contribution is -2.28. The van der Waals surface area contributed by atoms with Crippen molar-refractivity contribution in [2.45, 2.75) is 5.79 Å². The minimum absolute atomic E-state index is 0.564. The van der Waals surface area contributed by atoms with Crippen molar-refractivity contribution in [1.82, 2.24) is 0 Å². The number of nitrogen functional groups attached to an aromatic ring is 2. The maximum atomic E-state index is 5.89. The molecule has 0 aromatic heterocycles. The number of benzene rings is 2. The molecule has 0 spiro atoms. The lowest BCUT2D eigenvalue weighted by atomic mass is 9.97. The van der Waals surface area contributed by atoms with E-state index in [0.29, 0.717) is 24.6 Å². The first-order valence-corrected chi connectivity index (χ1v) is 6.21. The van der Waals surface area contributed by atoms with Gasteiger partial charge in [0.05, 0.1) is 13.2 Å². The first kappa shape index (κ1) is 12.0. The van der Waals surface area contributed by atoms with Crippen molar-refractivity contribution in [2.24, 2.45) is 0 Å². The lowest BCUT2D eigenvalue weighted by Gasteiger charge is -2.28. The van der Waals surface area contributed by atoms with Gasteiger partial charge in [-0.15, -0.1) is 0 Å². The van der Waals surface area contributed by atoms with Crippen LogP contribution in [0.2, 0.25) is 0 Å². The Hall–Kier alpha value is -2.04. The fraction of sp³-hybridized carbons (Fsp3) is 0.200. The molecule has 3 rings (SSSR count). The molecule has 4 N–H and O–H groups in total. The summed E-state index contributed by atoms with van der Waals surface area (Å²) < 4.78 is 11.8. The Kier molecular flexibility index (Phi) is 2.89. The molecule has 1 aliphatic heterocycles. The molecule has 0 bridgehead atoms. The first-order valence-electron chi connectivity index (χ1n) is 6.21. The van der Waals surface area contributed by atoms with Crippen LogP contribution in [0.5, 0.6) is 0 Å². The van der Waals surface area contributed by atoms with Crippen LogP contribution in [0.15, 0.2) is 48.5 Å². The van der Waals surface area contributed by atoms with Crippen molar-refractivity contribution in [3.8, 4) is 0 Å². The maximum absolute atomic E-state index is 5.89. The minimum atomic E-state index is -0.846. The predicted molar refractivity (Wildman–Crippen MR) is 74.4 cm³/mol. The molecule has 2 aromatic carbocycles. The minimum Gasteiger partial charge on any atom is -0.399 e. The maximum Gasteiger partial charge on any atom is 0.222 e. The van der Waals surface area contributed by atoms with Crippen LogP contribution in [0, 0.1) is 0 Å². The van der Waals surface area contributed by atoms with Crippen molar-refractivity contribution in [3.63, 3.8) is 0 Å². The summed E-state index contributed by atoms with van der Waals surface area (Å²) >= 11 is 0. The van der Waals surface area contributed by atoms with Gasteiger partial charge in [0.15, 0.2) is 0 Å². The van der Waals surface area contributed by atoms with Gasteiger partial charge in [-0.1, -0.05) is 24.3 Å². The smallest absolute Gasteiger partial charge is 0.222 e. The normalized spacial score (nSPS) is 17.5. The number of hydrogen-bond donors (Lipinski definition) is 2. The summed E-state index contributed by atoms with van der Waals surface area (Å²) in [5, 5.41) is 0. The van der Waals surface area contributed by atoms with Crippen LogP contribution < -0.4 is 11.5 Å². The monoisotopic (exact) mass is 256 g/mol. The van der Waals surface area contributed by atoms with Gasteiger partial charge in [-0.05, 0) is 24.3 Å².